The van der Waals surface area contributed by atoms with Crippen molar-refractivity contribution >= 4 is 11.8 Å². The van der Waals surface area contributed by atoms with Gasteiger partial charge < -0.3 is 20.1 Å². The summed E-state index contributed by atoms with van der Waals surface area (Å²) >= 11 is 0. The minimum absolute atomic E-state index is 0.114. The summed E-state index contributed by atoms with van der Waals surface area (Å²) < 4.78 is 11.7. The van der Waals surface area contributed by atoms with Gasteiger partial charge in [-0.25, -0.2) is 4.98 Å². The maximum Gasteiger partial charge on any atom is 0.254 e. The van der Waals surface area contributed by atoms with Gasteiger partial charge >= 0.3 is 0 Å². The number of para-hydroxylation sites is 1. The molecule has 7 nitrogen and oxygen atoms in total. The van der Waals surface area contributed by atoms with Crippen LogP contribution in [0, 0.1) is 0 Å². The summed E-state index contributed by atoms with van der Waals surface area (Å²) in [4.78, 5) is 30.5. The van der Waals surface area contributed by atoms with Gasteiger partial charge in [0.25, 0.3) is 5.91 Å². The summed E-state index contributed by atoms with van der Waals surface area (Å²) in [7, 11) is 0. The molecule has 0 unspecified atom stereocenters. The van der Waals surface area contributed by atoms with Crippen LogP contribution in [0.5, 0.6) is 23.1 Å². The Labute approximate surface area is 193 Å². The van der Waals surface area contributed by atoms with Gasteiger partial charge in [0, 0.05) is 31.6 Å². The van der Waals surface area contributed by atoms with Crippen LogP contribution in [0.4, 0.5) is 0 Å². The number of nitrogens with zero attached hydrogens (tertiary/aromatic N) is 2. The highest BCUT2D eigenvalue weighted by Gasteiger charge is 2.25. The summed E-state index contributed by atoms with van der Waals surface area (Å²) in [6, 6.07) is 18.3. The van der Waals surface area contributed by atoms with E-state index in [1.807, 2.05) is 42.2 Å². The van der Waals surface area contributed by atoms with E-state index in [9.17, 15) is 9.59 Å². The molecule has 3 aromatic rings. The van der Waals surface area contributed by atoms with Crippen molar-refractivity contribution in [2.45, 2.75) is 32.1 Å². The zero-order valence-electron chi connectivity index (χ0n) is 18.6. The molecule has 1 saturated heterocycles. The van der Waals surface area contributed by atoms with E-state index < -0.39 is 5.91 Å². The highest BCUT2D eigenvalue weighted by Crippen LogP contribution is 2.32. The van der Waals surface area contributed by atoms with Crippen LogP contribution in [0.2, 0.25) is 0 Å². The molecule has 4 rings (SSSR count). The van der Waals surface area contributed by atoms with Crippen molar-refractivity contribution in [3.05, 3.63) is 78.0 Å². The summed E-state index contributed by atoms with van der Waals surface area (Å²) in [6.45, 7) is 3.26. The molecule has 0 aliphatic carbocycles. The summed E-state index contributed by atoms with van der Waals surface area (Å²) in [5, 5.41) is 0. The van der Waals surface area contributed by atoms with Crippen LogP contribution in [0.15, 0.2) is 66.9 Å². The second kappa shape index (κ2) is 10.2. The first-order valence-electron chi connectivity index (χ1n) is 11.1. The van der Waals surface area contributed by atoms with Crippen molar-refractivity contribution in [3.63, 3.8) is 0 Å². The first-order valence-corrected chi connectivity index (χ1v) is 11.1. The molecule has 2 heterocycles. The molecule has 0 bridgehead atoms. The minimum atomic E-state index is -0.610. The minimum Gasteiger partial charge on any atom is -0.457 e. The zero-order chi connectivity index (χ0) is 23.2. The first-order chi connectivity index (χ1) is 16.0. The third-order valence-electron chi connectivity index (χ3n) is 5.70. The third kappa shape index (κ3) is 5.49. The number of rotatable bonds is 7. The topological polar surface area (TPSA) is 94.8 Å². The number of primary amides is 1. The third-order valence-corrected chi connectivity index (χ3v) is 5.70. The van der Waals surface area contributed by atoms with Gasteiger partial charge in [0.2, 0.25) is 11.8 Å². The Balaban J connectivity index is 1.49. The fraction of sp³-hybridized carbons (Fsp3) is 0.269. The lowest BCUT2D eigenvalue weighted by Gasteiger charge is -2.33. The number of carbonyl (C=O) groups is 2. The second-order valence-corrected chi connectivity index (χ2v) is 8.01. The van der Waals surface area contributed by atoms with Crippen LogP contribution >= 0.6 is 0 Å². The van der Waals surface area contributed by atoms with Gasteiger partial charge in [0.15, 0.2) is 0 Å². The summed E-state index contributed by atoms with van der Waals surface area (Å²) in [6.07, 6.45) is 4.03. The van der Waals surface area contributed by atoms with Gasteiger partial charge in [-0.15, -0.1) is 0 Å². The summed E-state index contributed by atoms with van der Waals surface area (Å²) in [5.41, 5.74) is 6.73. The molecule has 7 heteroatoms. The molecular formula is C26H27N3O4. The molecule has 0 spiro atoms. The molecule has 0 radical (unpaired) electrons. The fourth-order valence-electron chi connectivity index (χ4n) is 3.96. The predicted molar refractivity (Wildman–Crippen MR) is 125 cm³/mol. The van der Waals surface area contributed by atoms with Crippen LogP contribution < -0.4 is 15.2 Å². The molecule has 2 N–H and O–H groups in total. The second-order valence-electron chi connectivity index (χ2n) is 8.01. The predicted octanol–water partition coefficient (Wildman–Crippen LogP) is 4.88. The van der Waals surface area contributed by atoms with Crippen LogP contribution in [0.25, 0.3) is 0 Å². The van der Waals surface area contributed by atoms with Gasteiger partial charge in [-0.05, 0) is 60.9 Å². The SMILES string of the molecule is CCC(=O)N1CCC[C@H](c2cnc(Oc3ccc(Oc4ccccc4)cc3)c(C(N)=O)c2)C1. The Kier molecular flexibility index (Phi) is 6.88. The monoisotopic (exact) mass is 445 g/mol. The highest BCUT2D eigenvalue weighted by molar-refractivity contribution is 5.95. The average Bonchev–Trinajstić information content (AvgIpc) is 2.85. The number of nitrogens with two attached hydrogens (primary N) is 1. The molecule has 1 aliphatic rings. The van der Waals surface area contributed by atoms with Crippen molar-refractivity contribution in [2.24, 2.45) is 5.73 Å². The van der Waals surface area contributed by atoms with Crippen LogP contribution in [-0.2, 0) is 4.79 Å². The Morgan fingerprint density at radius 1 is 1.03 bits per heavy atom. The van der Waals surface area contributed by atoms with Crippen LogP contribution in [0.1, 0.15) is 48.0 Å². The number of piperidine rings is 1. The number of ether oxygens (including phenoxy) is 2. The molecule has 2 aromatic carbocycles. The van der Waals surface area contributed by atoms with E-state index in [4.69, 9.17) is 15.2 Å². The molecule has 0 saturated carbocycles. The maximum absolute atomic E-state index is 12.1. The lowest BCUT2D eigenvalue weighted by Crippen LogP contribution is -2.38. The van der Waals surface area contributed by atoms with E-state index in [0.717, 1.165) is 30.7 Å². The van der Waals surface area contributed by atoms with Gasteiger partial charge in [0.05, 0.1) is 0 Å². The Bertz CT molecular complexity index is 1120. The number of likely N-dealkylation sites (tertiary alicyclic amines) is 1. The van der Waals surface area contributed by atoms with Gasteiger partial charge in [-0.1, -0.05) is 25.1 Å². The van der Waals surface area contributed by atoms with Crippen LogP contribution in [-0.4, -0.2) is 34.8 Å². The number of carbonyl (C=O) groups excluding carboxylic acids is 2. The molecule has 1 atom stereocenters. The molecule has 1 fully saturated rings. The molecule has 1 aliphatic heterocycles. The fourth-order valence-corrected chi connectivity index (χ4v) is 3.96. The van der Waals surface area contributed by atoms with E-state index in [1.54, 1.807) is 36.5 Å². The number of benzene rings is 2. The molecule has 33 heavy (non-hydrogen) atoms. The highest BCUT2D eigenvalue weighted by atomic mass is 16.5. The van der Waals surface area contributed by atoms with Crippen molar-refractivity contribution in [1.29, 1.82) is 0 Å². The number of hydrogen-bond acceptors (Lipinski definition) is 5. The largest absolute Gasteiger partial charge is 0.457 e. The average molecular weight is 446 g/mol. The number of aromatic nitrogens is 1. The number of amides is 2. The number of hydrogen-bond donors (Lipinski definition) is 1. The van der Waals surface area contributed by atoms with Crippen molar-refractivity contribution in [2.75, 3.05) is 13.1 Å². The maximum atomic E-state index is 12.1. The van der Waals surface area contributed by atoms with E-state index in [1.165, 1.54) is 0 Å². The lowest BCUT2D eigenvalue weighted by atomic mass is 9.90. The first kappa shape index (κ1) is 22.3. The Morgan fingerprint density at radius 3 is 2.36 bits per heavy atom. The normalized spacial score (nSPS) is 15.7. The quantitative estimate of drug-likeness (QED) is 0.559. The van der Waals surface area contributed by atoms with E-state index in [0.29, 0.717) is 24.5 Å². The van der Waals surface area contributed by atoms with E-state index >= 15 is 0 Å². The molecule has 2 amide bonds. The van der Waals surface area contributed by atoms with Gasteiger partial charge in [-0.2, -0.15) is 0 Å². The Hall–Kier alpha value is -3.87. The zero-order valence-corrected chi connectivity index (χ0v) is 18.6. The van der Waals surface area contributed by atoms with Gasteiger partial charge in [0.1, 0.15) is 22.8 Å². The lowest BCUT2D eigenvalue weighted by molar-refractivity contribution is -0.132. The standard InChI is InChI=1S/C26H27N3O4/c1-2-24(30)29-14-6-7-18(17-29)19-15-23(25(27)31)26(28-16-19)33-22-12-10-21(11-13-22)32-20-8-4-3-5-9-20/h3-5,8-13,15-16,18H,2,6-7,14,17H2,1H3,(H2,27,31)/t18-/m0/s1. The van der Waals surface area contributed by atoms with Crippen LogP contribution in [0.3, 0.4) is 0 Å². The van der Waals surface area contributed by atoms with E-state index in [2.05, 4.69) is 4.98 Å². The smallest absolute Gasteiger partial charge is 0.254 e. The molecule has 170 valence electrons. The number of pyridine rings is 1. The van der Waals surface area contributed by atoms with Gasteiger partial charge in [-0.3, -0.25) is 9.59 Å². The Morgan fingerprint density at radius 2 is 1.70 bits per heavy atom. The van der Waals surface area contributed by atoms with Crippen molar-refractivity contribution in [3.8, 4) is 23.1 Å². The molecule has 1 aromatic heterocycles. The molecular weight excluding hydrogens is 418 g/mol. The summed E-state index contributed by atoms with van der Waals surface area (Å²) in [5.74, 6) is 1.71. The van der Waals surface area contributed by atoms with Crippen molar-refractivity contribution in [1.82, 2.24) is 9.88 Å². The van der Waals surface area contributed by atoms with E-state index in [-0.39, 0.29) is 23.3 Å². The van der Waals surface area contributed by atoms with Crippen molar-refractivity contribution < 1.29 is 19.1 Å².